The van der Waals surface area contributed by atoms with Gasteiger partial charge in [0.25, 0.3) is 0 Å². The molecule has 2 aromatic rings. The summed E-state index contributed by atoms with van der Waals surface area (Å²) in [6.45, 7) is 8.63. The molecule has 1 aliphatic rings. The Hall–Kier alpha value is -1.23. The van der Waals surface area contributed by atoms with Crippen LogP contribution < -0.4 is 5.32 Å². The van der Waals surface area contributed by atoms with Gasteiger partial charge in [0.1, 0.15) is 0 Å². The van der Waals surface area contributed by atoms with Gasteiger partial charge in [-0.05, 0) is 42.0 Å². The maximum atomic E-state index is 4.76. The number of thiophene rings is 1. The molecule has 0 aliphatic carbocycles. The monoisotopic (exact) mass is 301 g/mol. The third-order valence-corrected chi connectivity index (χ3v) is 5.18. The Morgan fingerprint density at radius 3 is 2.71 bits per heavy atom. The molecule has 1 saturated heterocycles. The number of nitrogens with zero attached hydrogens (tertiary/aromatic N) is 2. The Kier molecular flexibility index (Phi) is 4.68. The van der Waals surface area contributed by atoms with E-state index in [-0.39, 0.29) is 0 Å². The molecular weight excluding hydrogens is 278 g/mol. The first-order chi connectivity index (χ1) is 10.3. The largest absolute Gasteiger partial charge is 0.314 e. The van der Waals surface area contributed by atoms with Crippen LogP contribution in [-0.4, -0.2) is 36.1 Å². The molecule has 21 heavy (non-hydrogen) atoms. The predicted octanol–water partition coefficient (Wildman–Crippen LogP) is 3.01. The molecule has 0 spiro atoms. The fourth-order valence-electron chi connectivity index (χ4n) is 2.86. The number of aromatic nitrogens is 1. The number of pyridine rings is 1. The van der Waals surface area contributed by atoms with E-state index in [2.05, 4.69) is 47.6 Å². The Labute approximate surface area is 131 Å². The highest BCUT2D eigenvalue weighted by Gasteiger charge is 2.26. The molecule has 0 saturated carbocycles. The van der Waals surface area contributed by atoms with Crippen molar-refractivity contribution in [3.05, 3.63) is 51.5 Å². The van der Waals surface area contributed by atoms with Crippen molar-refractivity contribution in [1.82, 2.24) is 15.2 Å². The molecule has 1 N–H and O–H groups in total. The smallest absolute Gasteiger partial charge is 0.0870 e. The van der Waals surface area contributed by atoms with Crippen molar-refractivity contribution in [2.24, 2.45) is 0 Å². The molecule has 2 aromatic heterocycles. The number of aryl methyl sites for hydroxylation is 2. The van der Waals surface area contributed by atoms with Crippen LogP contribution >= 0.6 is 11.3 Å². The Bertz CT molecular complexity index is 570. The second-order valence-corrected chi connectivity index (χ2v) is 6.60. The lowest BCUT2D eigenvalue weighted by Crippen LogP contribution is -2.45. The Morgan fingerprint density at radius 2 is 2.14 bits per heavy atom. The van der Waals surface area contributed by atoms with E-state index < -0.39 is 0 Å². The summed E-state index contributed by atoms with van der Waals surface area (Å²) in [5.41, 5.74) is 3.83. The van der Waals surface area contributed by atoms with Crippen LogP contribution in [0.25, 0.3) is 0 Å². The fourth-order valence-corrected chi connectivity index (χ4v) is 3.90. The van der Waals surface area contributed by atoms with Gasteiger partial charge in [-0.3, -0.25) is 9.88 Å². The van der Waals surface area contributed by atoms with Gasteiger partial charge in [0, 0.05) is 37.3 Å². The highest BCUT2D eigenvalue weighted by Crippen LogP contribution is 2.32. The van der Waals surface area contributed by atoms with E-state index in [1.165, 1.54) is 21.7 Å². The molecule has 3 rings (SSSR count). The van der Waals surface area contributed by atoms with Gasteiger partial charge in [-0.15, -0.1) is 11.3 Å². The highest BCUT2D eigenvalue weighted by atomic mass is 32.1. The van der Waals surface area contributed by atoms with Gasteiger partial charge >= 0.3 is 0 Å². The van der Waals surface area contributed by atoms with E-state index in [1.54, 1.807) is 0 Å². The molecule has 0 amide bonds. The second kappa shape index (κ2) is 6.69. The Balaban J connectivity index is 1.93. The van der Waals surface area contributed by atoms with E-state index >= 15 is 0 Å². The van der Waals surface area contributed by atoms with E-state index in [4.69, 9.17) is 4.98 Å². The molecule has 0 bridgehead atoms. The summed E-state index contributed by atoms with van der Waals surface area (Å²) in [6, 6.07) is 7.04. The lowest BCUT2D eigenvalue weighted by Gasteiger charge is -2.34. The zero-order valence-corrected chi connectivity index (χ0v) is 13.6. The van der Waals surface area contributed by atoms with E-state index in [9.17, 15) is 0 Å². The minimum absolute atomic E-state index is 0.303. The van der Waals surface area contributed by atoms with E-state index in [0.29, 0.717) is 6.04 Å². The third-order valence-electron chi connectivity index (χ3n) is 4.07. The number of nitrogens with one attached hydrogen (secondary N) is 1. The topological polar surface area (TPSA) is 28.2 Å². The van der Waals surface area contributed by atoms with Crippen molar-refractivity contribution < 1.29 is 0 Å². The molecule has 112 valence electrons. The number of piperazine rings is 1. The van der Waals surface area contributed by atoms with Gasteiger partial charge in [-0.1, -0.05) is 13.0 Å². The van der Waals surface area contributed by atoms with Crippen molar-refractivity contribution in [2.45, 2.75) is 26.3 Å². The van der Waals surface area contributed by atoms with E-state index in [0.717, 1.165) is 32.6 Å². The van der Waals surface area contributed by atoms with Crippen molar-refractivity contribution in [3.63, 3.8) is 0 Å². The maximum Gasteiger partial charge on any atom is 0.0870 e. The van der Waals surface area contributed by atoms with Crippen LogP contribution in [0.5, 0.6) is 0 Å². The van der Waals surface area contributed by atoms with Gasteiger partial charge < -0.3 is 5.32 Å². The first-order valence-corrected chi connectivity index (χ1v) is 8.60. The minimum atomic E-state index is 0.303. The third kappa shape index (κ3) is 3.34. The highest BCUT2D eigenvalue weighted by molar-refractivity contribution is 7.10. The second-order valence-electron chi connectivity index (χ2n) is 5.66. The quantitative estimate of drug-likeness (QED) is 0.941. The first kappa shape index (κ1) is 14.7. The first-order valence-electron chi connectivity index (χ1n) is 7.72. The van der Waals surface area contributed by atoms with Gasteiger partial charge in [0.15, 0.2) is 0 Å². The molecule has 3 heterocycles. The molecule has 1 unspecified atom stereocenters. The van der Waals surface area contributed by atoms with E-state index in [1.807, 2.05) is 17.5 Å². The summed E-state index contributed by atoms with van der Waals surface area (Å²) in [4.78, 5) is 8.72. The van der Waals surface area contributed by atoms with Crippen LogP contribution in [-0.2, 0) is 6.42 Å². The molecule has 1 fully saturated rings. The molecule has 1 atom stereocenters. The lowest BCUT2D eigenvalue weighted by atomic mass is 10.1. The molecule has 0 radical (unpaired) electrons. The maximum absolute atomic E-state index is 4.76. The number of hydrogen-bond donors (Lipinski definition) is 1. The summed E-state index contributed by atoms with van der Waals surface area (Å²) in [7, 11) is 0. The van der Waals surface area contributed by atoms with Crippen LogP contribution in [0.3, 0.4) is 0 Å². The predicted molar refractivity (Wildman–Crippen MR) is 89.0 cm³/mol. The van der Waals surface area contributed by atoms with Gasteiger partial charge in [0.2, 0.25) is 0 Å². The fraction of sp³-hybridized carbons (Fsp3) is 0.471. The average Bonchev–Trinajstić information content (AvgIpc) is 2.95. The number of hydrogen-bond acceptors (Lipinski definition) is 4. The van der Waals surface area contributed by atoms with Crippen molar-refractivity contribution in [3.8, 4) is 0 Å². The Morgan fingerprint density at radius 1 is 1.33 bits per heavy atom. The molecule has 1 aliphatic heterocycles. The van der Waals surface area contributed by atoms with Crippen LogP contribution in [0, 0.1) is 6.92 Å². The van der Waals surface area contributed by atoms with Crippen molar-refractivity contribution >= 4 is 11.3 Å². The van der Waals surface area contributed by atoms with Crippen molar-refractivity contribution in [1.29, 1.82) is 0 Å². The average molecular weight is 301 g/mol. The van der Waals surface area contributed by atoms with Crippen LogP contribution in [0.2, 0.25) is 0 Å². The normalized spacial score (nSPS) is 17.8. The minimum Gasteiger partial charge on any atom is -0.314 e. The summed E-state index contributed by atoms with van der Waals surface area (Å²) >= 11 is 1.85. The van der Waals surface area contributed by atoms with Crippen LogP contribution in [0.4, 0.5) is 0 Å². The zero-order valence-electron chi connectivity index (χ0n) is 12.8. The summed E-state index contributed by atoms with van der Waals surface area (Å²) < 4.78 is 0. The summed E-state index contributed by atoms with van der Waals surface area (Å²) in [5.74, 6) is 0. The summed E-state index contributed by atoms with van der Waals surface area (Å²) in [6.07, 6.45) is 3.08. The summed E-state index contributed by atoms with van der Waals surface area (Å²) in [5, 5.41) is 5.68. The zero-order chi connectivity index (χ0) is 14.7. The molecule has 4 heteroatoms. The van der Waals surface area contributed by atoms with Crippen molar-refractivity contribution in [2.75, 3.05) is 26.2 Å². The van der Waals surface area contributed by atoms with Crippen LogP contribution in [0.15, 0.2) is 29.8 Å². The van der Waals surface area contributed by atoms with Gasteiger partial charge in [0.05, 0.1) is 11.7 Å². The molecule has 0 aromatic carbocycles. The number of rotatable bonds is 4. The molecular formula is C17H23N3S. The standard InChI is InChI=1S/C17H23N3S/c1-3-14-4-5-15(19-11-14)17(16-10-13(2)12-21-16)20-8-6-18-7-9-20/h4-5,10-12,17-18H,3,6-9H2,1-2H3. The SMILES string of the molecule is CCc1ccc(C(c2cc(C)cs2)N2CCNCC2)nc1. The van der Waals surface area contributed by atoms with Gasteiger partial charge in [-0.2, -0.15) is 0 Å². The van der Waals surface area contributed by atoms with Gasteiger partial charge in [-0.25, -0.2) is 0 Å². The molecule has 3 nitrogen and oxygen atoms in total. The lowest BCUT2D eigenvalue weighted by molar-refractivity contribution is 0.198. The van der Waals surface area contributed by atoms with Crippen LogP contribution in [0.1, 0.15) is 34.7 Å².